The molecule has 7 nitrogen and oxygen atoms in total. The molecule has 2 N–H and O–H groups in total. The average Bonchev–Trinajstić information content (AvgIpc) is 2.98. The number of nitrogens with one attached hydrogen (secondary N) is 2. The Labute approximate surface area is 125 Å². The second-order valence-electron chi connectivity index (χ2n) is 4.17. The predicted molar refractivity (Wildman–Crippen MR) is 80.5 cm³/mol. The van der Waals surface area contributed by atoms with Crippen molar-refractivity contribution in [2.45, 2.75) is 13.5 Å². The lowest BCUT2D eigenvalue weighted by Gasteiger charge is -2.08. The molecule has 0 saturated carbocycles. The molecule has 21 heavy (non-hydrogen) atoms. The Morgan fingerprint density at radius 3 is 2.90 bits per heavy atom. The van der Waals surface area contributed by atoms with Crippen LogP contribution in [0.3, 0.4) is 0 Å². The first-order valence-electron chi connectivity index (χ1n) is 6.29. The third kappa shape index (κ3) is 3.76. The quantitative estimate of drug-likeness (QED) is 0.631. The first-order valence-corrected chi connectivity index (χ1v) is 7.17. The summed E-state index contributed by atoms with van der Waals surface area (Å²) in [4.78, 5) is 27.4. The summed E-state index contributed by atoms with van der Waals surface area (Å²) >= 11 is 1.45. The van der Waals surface area contributed by atoms with Gasteiger partial charge >= 0.3 is 0 Å². The van der Waals surface area contributed by atoms with Crippen LogP contribution < -0.4 is 10.6 Å². The van der Waals surface area contributed by atoms with Crippen molar-refractivity contribution in [2.75, 3.05) is 11.9 Å². The smallest absolute Gasteiger partial charge is 0.292 e. The van der Waals surface area contributed by atoms with Gasteiger partial charge in [-0.2, -0.15) is 0 Å². The molecule has 1 aromatic heterocycles. The Bertz CT molecular complexity index is 643. The van der Waals surface area contributed by atoms with Crippen molar-refractivity contribution >= 4 is 28.6 Å². The highest BCUT2D eigenvalue weighted by Gasteiger charge is 2.16. The highest BCUT2D eigenvalue weighted by Crippen LogP contribution is 2.25. The summed E-state index contributed by atoms with van der Waals surface area (Å²) in [6, 6.07) is 4.27. The molecule has 1 amide bonds. The van der Waals surface area contributed by atoms with Gasteiger partial charge in [-0.25, -0.2) is 0 Å². The van der Waals surface area contributed by atoms with E-state index in [4.69, 9.17) is 0 Å². The Morgan fingerprint density at radius 1 is 1.48 bits per heavy atom. The second-order valence-corrected chi connectivity index (χ2v) is 5.14. The van der Waals surface area contributed by atoms with Crippen LogP contribution in [0.1, 0.15) is 22.2 Å². The van der Waals surface area contributed by atoms with E-state index in [0.29, 0.717) is 24.3 Å². The van der Waals surface area contributed by atoms with E-state index < -0.39 is 4.92 Å². The normalized spacial score (nSPS) is 10.1. The Hall–Kier alpha value is -2.48. The lowest BCUT2D eigenvalue weighted by molar-refractivity contribution is -0.384. The predicted octanol–water partition coefficient (Wildman–Crippen LogP) is 2.41. The van der Waals surface area contributed by atoms with Gasteiger partial charge in [0.1, 0.15) is 5.69 Å². The number of thiazole rings is 1. The molecule has 2 aromatic rings. The van der Waals surface area contributed by atoms with Gasteiger partial charge in [-0.3, -0.25) is 19.9 Å². The van der Waals surface area contributed by atoms with Crippen LogP contribution in [0.2, 0.25) is 0 Å². The van der Waals surface area contributed by atoms with Crippen LogP contribution in [0, 0.1) is 10.1 Å². The van der Waals surface area contributed by atoms with Crippen LogP contribution >= 0.6 is 11.3 Å². The largest absolute Gasteiger partial charge is 0.380 e. The highest BCUT2D eigenvalue weighted by atomic mass is 32.1. The van der Waals surface area contributed by atoms with E-state index in [9.17, 15) is 14.9 Å². The van der Waals surface area contributed by atoms with E-state index in [0.717, 1.165) is 4.88 Å². The molecule has 0 radical (unpaired) electrons. The van der Waals surface area contributed by atoms with Crippen LogP contribution in [-0.4, -0.2) is 22.4 Å². The third-order valence-corrected chi connectivity index (χ3v) is 3.51. The Kier molecular flexibility index (Phi) is 4.83. The number of hydrogen-bond donors (Lipinski definition) is 2. The maximum Gasteiger partial charge on any atom is 0.292 e. The number of anilines is 1. The van der Waals surface area contributed by atoms with Crippen molar-refractivity contribution in [1.82, 2.24) is 10.3 Å². The molecule has 0 atom stereocenters. The van der Waals surface area contributed by atoms with Crippen molar-refractivity contribution in [3.63, 3.8) is 0 Å². The summed E-state index contributed by atoms with van der Waals surface area (Å²) in [7, 11) is 0. The lowest BCUT2D eigenvalue weighted by atomic mass is 10.1. The molecule has 110 valence electrons. The second kappa shape index (κ2) is 6.80. The fraction of sp³-hybridized carbons (Fsp3) is 0.231. The number of rotatable bonds is 6. The van der Waals surface area contributed by atoms with Gasteiger partial charge < -0.3 is 10.6 Å². The van der Waals surface area contributed by atoms with Gasteiger partial charge in [0, 0.05) is 29.2 Å². The molecule has 8 heteroatoms. The summed E-state index contributed by atoms with van der Waals surface area (Å²) in [6.45, 7) is 2.75. The molecule has 0 fully saturated rings. The van der Waals surface area contributed by atoms with Crippen molar-refractivity contribution < 1.29 is 9.72 Å². The maximum absolute atomic E-state index is 12.1. The number of aromatic nitrogens is 1. The van der Waals surface area contributed by atoms with E-state index in [1.807, 2.05) is 6.92 Å². The van der Waals surface area contributed by atoms with Crippen molar-refractivity contribution in [3.05, 3.63) is 50.5 Å². The molecule has 0 saturated heterocycles. The summed E-state index contributed by atoms with van der Waals surface area (Å²) in [5.41, 5.74) is 2.36. The fourth-order valence-corrected chi connectivity index (χ4v) is 2.30. The van der Waals surface area contributed by atoms with Crippen LogP contribution in [0.4, 0.5) is 11.4 Å². The van der Waals surface area contributed by atoms with Gasteiger partial charge in [-0.1, -0.05) is 0 Å². The maximum atomic E-state index is 12.1. The molecule has 0 bridgehead atoms. The van der Waals surface area contributed by atoms with Gasteiger partial charge in [-0.15, -0.1) is 11.3 Å². The summed E-state index contributed by atoms with van der Waals surface area (Å²) in [5.74, 6) is -0.280. The monoisotopic (exact) mass is 306 g/mol. The van der Waals surface area contributed by atoms with Crippen molar-refractivity contribution in [3.8, 4) is 0 Å². The van der Waals surface area contributed by atoms with Crippen LogP contribution in [0.25, 0.3) is 0 Å². The minimum absolute atomic E-state index is 0.0455. The molecule has 0 aliphatic carbocycles. The number of benzene rings is 1. The van der Waals surface area contributed by atoms with E-state index >= 15 is 0 Å². The van der Waals surface area contributed by atoms with Crippen LogP contribution in [0.15, 0.2) is 29.9 Å². The van der Waals surface area contributed by atoms with E-state index in [-0.39, 0.29) is 11.6 Å². The fourth-order valence-electron chi connectivity index (χ4n) is 1.77. The van der Waals surface area contributed by atoms with Gasteiger partial charge in [0.15, 0.2) is 0 Å². The van der Waals surface area contributed by atoms with Crippen LogP contribution in [0.5, 0.6) is 0 Å². The molecular weight excluding hydrogens is 292 g/mol. The molecule has 0 aliphatic heterocycles. The molecule has 1 aromatic carbocycles. The summed E-state index contributed by atoms with van der Waals surface area (Å²) < 4.78 is 0. The third-order valence-electron chi connectivity index (χ3n) is 2.73. The topological polar surface area (TPSA) is 97.2 Å². The van der Waals surface area contributed by atoms with Crippen molar-refractivity contribution in [2.24, 2.45) is 0 Å². The number of hydrogen-bond acceptors (Lipinski definition) is 6. The highest BCUT2D eigenvalue weighted by molar-refractivity contribution is 7.09. The lowest BCUT2D eigenvalue weighted by Crippen LogP contribution is -2.22. The number of amides is 1. The first-order chi connectivity index (χ1) is 10.1. The first kappa shape index (κ1) is 14.9. The molecular formula is C13H14N4O3S. The molecule has 2 rings (SSSR count). The molecule has 0 aliphatic rings. The molecule has 0 spiro atoms. The zero-order valence-corrected chi connectivity index (χ0v) is 12.1. The zero-order chi connectivity index (χ0) is 15.2. The van der Waals surface area contributed by atoms with Gasteiger partial charge in [0.2, 0.25) is 0 Å². The number of nitro groups is 1. The minimum Gasteiger partial charge on any atom is -0.380 e. The van der Waals surface area contributed by atoms with Gasteiger partial charge in [0.25, 0.3) is 11.6 Å². The molecule has 1 heterocycles. The summed E-state index contributed by atoms with van der Waals surface area (Å²) in [6.07, 6.45) is 1.69. The minimum atomic E-state index is -0.475. The van der Waals surface area contributed by atoms with E-state index in [1.165, 1.54) is 29.5 Å². The average molecular weight is 306 g/mol. The Morgan fingerprint density at radius 2 is 2.29 bits per heavy atom. The standard InChI is InChI=1S/C13H14N4O3S/c1-2-15-11-5-9(3-4-12(11)17(19)20)13(18)16-7-10-6-14-8-21-10/h3-6,8,15H,2,7H2,1H3,(H,16,18). The Balaban J connectivity index is 2.13. The zero-order valence-electron chi connectivity index (χ0n) is 11.3. The number of carbonyl (C=O) groups excluding carboxylic acids is 1. The number of nitro benzene ring substituents is 1. The van der Waals surface area contributed by atoms with Crippen LogP contribution in [-0.2, 0) is 6.54 Å². The summed E-state index contributed by atoms with van der Waals surface area (Å²) in [5, 5.41) is 16.6. The number of nitrogens with zero attached hydrogens (tertiary/aromatic N) is 2. The van der Waals surface area contributed by atoms with Crippen molar-refractivity contribution in [1.29, 1.82) is 0 Å². The van der Waals surface area contributed by atoms with E-state index in [2.05, 4.69) is 15.6 Å². The van der Waals surface area contributed by atoms with E-state index in [1.54, 1.807) is 11.7 Å². The van der Waals surface area contributed by atoms with Gasteiger partial charge in [-0.05, 0) is 19.1 Å². The number of carbonyl (C=O) groups is 1. The SMILES string of the molecule is CCNc1cc(C(=O)NCc2cncs2)ccc1[N+](=O)[O-]. The molecule has 0 unspecified atom stereocenters. The van der Waals surface area contributed by atoms with Gasteiger partial charge in [0.05, 0.1) is 17.0 Å².